The predicted molar refractivity (Wildman–Crippen MR) is 104 cm³/mol. The molecule has 6 nitrogen and oxygen atoms in total. The van der Waals surface area contributed by atoms with Crippen molar-refractivity contribution in [1.29, 1.82) is 0 Å². The Bertz CT molecular complexity index is 581. The molecule has 0 atom stereocenters. The third-order valence-corrected chi connectivity index (χ3v) is 5.96. The lowest BCUT2D eigenvalue weighted by atomic mass is 10.2. The highest BCUT2D eigenvalue weighted by molar-refractivity contribution is 7.90. The largest absolute Gasteiger partial charge is 0.478 e. The van der Waals surface area contributed by atoms with Gasteiger partial charge in [-0.25, -0.2) is 18.1 Å². The zero-order chi connectivity index (χ0) is 18.8. The summed E-state index contributed by atoms with van der Waals surface area (Å²) in [5, 5.41) is 3.31. The van der Waals surface area contributed by atoms with Crippen LogP contribution in [0.1, 0.15) is 59.8 Å². The van der Waals surface area contributed by atoms with Gasteiger partial charge >= 0.3 is 0 Å². The topological polar surface area (TPSA) is 80.3 Å². The molecule has 1 aromatic heterocycles. The van der Waals surface area contributed by atoms with Gasteiger partial charge in [0.1, 0.15) is 0 Å². The summed E-state index contributed by atoms with van der Waals surface area (Å²) >= 11 is 0. The van der Waals surface area contributed by atoms with Crippen LogP contribution in [0, 0.1) is 0 Å². The molecule has 0 aliphatic rings. The number of nitrogens with zero attached hydrogens (tertiary/aromatic N) is 1. The van der Waals surface area contributed by atoms with Crippen LogP contribution in [0.3, 0.4) is 0 Å². The van der Waals surface area contributed by atoms with E-state index >= 15 is 0 Å². The van der Waals surface area contributed by atoms with Crippen molar-refractivity contribution in [3.63, 3.8) is 0 Å². The Morgan fingerprint density at radius 3 is 2.40 bits per heavy atom. The molecule has 0 aromatic carbocycles. The molecule has 1 rings (SSSR count). The fourth-order valence-electron chi connectivity index (χ4n) is 1.97. The molecule has 7 heteroatoms. The predicted octanol–water partition coefficient (Wildman–Crippen LogP) is 3.56. The Kier molecular flexibility index (Phi) is 9.21. The third-order valence-electron chi connectivity index (χ3n) is 3.77. The molecule has 144 valence electrons. The Morgan fingerprint density at radius 2 is 1.80 bits per heavy atom. The molecule has 1 heterocycles. The average Bonchev–Trinajstić information content (AvgIpc) is 2.54. The number of anilines is 1. The molecule has 0 saturated carbocycles. The van der Waals surface area contributed by atoms with Crippen molar-refractivity contribution < 1.29 is 13.2 Å². The van der Waals surface area contributed by atoms with Crippen LogP contribution in [0.15, 0.2) is 18.3 Å². The third kappa shape index (κ3) is 8.54. The maximum absolute atomic E-state index is 11.9. The molecule has 2 N–H and O–H groups in total. The summed E-state index contributed by atoms with van der Waals surface area (Å²) in [6.45, 7) is 9.27. The van der Waals surface area contributed by atoms with E-state index in [-0.39, 0.29) is 0 Å². The number of hydrogen-bond acceptors (Lipinski definition) is 5. The second kappa shape index (κ2) is 10.6. The van der Waals surface area contributed by atoms with Crippen LogP contribution in [-0.4, -0.2) is 37.8 Å². The maximum Gasteiger partial charge on any atom is 0.216 e. The van der Waals surface area contributed by atoms with Crippen molar-refractivity contribution in [2.24, 2.45) is 0 Å². The fraction of sp³-hybridized carbons (Fsp3) is 0.722. The van der Waals surface area contributed by atoms with Crippen LogP contribution in [-0.2, 0) is 10.0 Å². The van der Waals surface area contributed by atoms with Gasteiger partial charge in [0.25, 0.3) is 0 Å². The van der Waals surface area contributed by atoms with E-state index in [9.17, 15) is 8.42 Å². The minimum atomic E-state index is -3.23. The second-order valence-electron chi connectivity index (χ2n) is 7.08. The van der Waals surface area contributed by atoms with Gasteiger partial charge in [-0.05, 0) is 46.1 Å². The Hall–Kier alpha value is -1.34. The van der Waals surface area contributed by atoms with Crippen LogP contribution in [0.2, 0.25) is 0 Å². The first-order valence-electron chi connectivity index (χ1n) is 9.08. The molecule has 25 heavy (non-hydrogen) atoms. The van der Waals surface area contributed by atoms with E-state index in [1.807, 2.05) is 12.1 Å². The zero-order valence-corrected chi connectivity index (χ0v) is 16.8. The second-order valence-corrected chi connectivity index (χ2v) is 9.61. The van der Waals surface area contributed by atoms with Crippen molar-refractivity contribution in [3.8, 4) is 5.88 Å². The van der Waals surface area contributed by atoms with E-state index in [1.54, 1.807) is 27.0 Å². The van der Waals surface area contributed by atoms with Gasteiger partial charge in [0, 0.05) is 19.2 Å². The number of nitrogens with one attached hydrogen (secondary N) is 2. The summed E-state index contributed by atoms with van der Waals surface area (Å²) in [6, 6.07) is 3.84. The van der Waals surface area contributed by atoms with Crippen molar-refractivity contribution >= 4 is 15.7 Å². The number of ether oxygens (including phenoxy) is 1. The van der Waals surface area contributed by atoms with Gasteiger partial charge in [-0.15, -0.1) is 0 Å². The number of rotatable bonds is 12. The van der Waals surface area contributed by atoms with Gasteiger partial charge in [-0.3, -0.25) is 0 Å². The van der Waals surface area contributed by atoms with Gasteiger partial charge in [0.15, 0.2) is 0 Å². The number of pyridine rings is 1. The summed E-state index contributed by atoms with van der Waals surface area (Å²) in [6.07, 6.45) is 6.69. The van der Waals surface area contributed by atoms with Crippen LogP contribution < -0.4 is 14.8 Å². The summed E-state index contributed by atoms with van der Waals surface area (Å²) in [5.74, 6) is 0.658. The van der Waals surface area contributed by atoms with Crippen molar-refractivity contribution in [1.82, 2.24) is 9.71 Å². The van der Waals surface area contributed by atoms with E-state index in [2.05, 4.69) is 21.9 Å². The highest BCUT2D eigenvalue weighted by Crippen LogP contribution is 2.14. The molecule has 0 amide bonds. The lowest BCUT2D eigenvalue weighted by Crippen LogP contribution is -2.39. The molecule has 0 fully saturated rings. The standard InChI is InChI=1S/C18H33N3O3S/c1-5-6-14-24-17-11-10-16(15-20-17)19-12-8-7-9-13-21-25(22,23)18(2,3)4/h10-11,15,19,21H,5-9,12-14H2,1-4H3. The van der Waals surface area contributed by atoms with Gasteiger partial charge in [0.2, 0.25) is 15.9 Å². The van der Waals surface area contributed by atoms with Crippen molar-refractivity contribution in [2.45, 2.75) is 64.5 Å². The smallest absolute Gasteiger partial charge is 0.216 e. The molecule has 0 aliphatic carbocycles. The van der Waals surface area contributed by atoms with Crippen LogP contribution in [0.25, 0.3) is 0 Å². The number of hydrogen-bond donors (Lipinski definition) is 2. The van der Waals surface area contributed by atoms with Gasteiger partial charge < -0.3 is 10.1 Å². The number of sulfonamides is 1. The van der Waals surface area contributed by atoms with Crippen molar-refractivity contribution in [2.75, 3.05) is 25.0 Å². The fourth-order valence-corrected chi connectivity index (χ4v) is 2.82. The average molecular weight is 372 g/mol. The lowest BCUT2D eigenvalue weighted by Gasteiger charge is -2.19. The molecule has 0 bridgehead atoms. The van der Waals surface area contributed by atoms with Crippen LogP contribution in [0.5, 0.6) is 5.88 Å². The highest BCUT2D eigenvalue weighted by atomic mass is 32.2. The number of unbranched alkanes of at least 4 members (excludes halogenated alkanes) is 3. The van der Waals surface area contributed by atoms with E-state index in [0.717, 1.165) is 44.3 Å². The summed E-state index contributed by atoms with van der Waals surface area (Å²) in [5.41, 5.74) is 0.969. The first-order valence-corrected chi connectivity index (χ1v) is 10.6. The molecule has 0 radical (unpaired) electrons. The minimum absolute atomic E-state index is 0.491. The molecule has 1 aromatic rings. The first kappa shape index (κ1) is 21.7. The van der Waals surface area contributed by atoms with E-state index < -0.39 is 14.8 Å². The van der Waals surface area contributed by atoms with E-state index in [1.165, 1.54) is 0 Å². The molecular weight excluding hydrogens is 338 g/mol. The molecular formula is C18H33N3O3S. The summed E-state index contributed by atoms with van der Waals surface area (Å²) in [7, 11) is -3.23. The quantitative estimate of drug-likeness (QED) is 0.549. The Morgan fingerprint density at radius 1 is 1.08 bits per heavy atom. The van der Waals surface area contributed by atoms with Gasteiger partial charge in [0.05, 0.1) is 23.2 Å². The zero-order valence-electron chi connectivity index (χ0n) is 16.0. The maximum atomic E-state index is 11.9. The summed E-state index contributed by atoms with van der Waals surface area (Å²) < 4.78 is 31.2. The minimum Gasteiger partial charge on any atom is -0.478 e. The van der Waals surface area contributed by atoms with Gasteiger partial charge in [-0.2, -0.15) is 0 Å². The normalized spacial score (nSPS) is 12.2. The lowest BCUT2D eigenvalue weighted by molar-refractivity contribution is 0.298. The highest BCUT2D eigenvalue weighted by Gasteiger charge is 2.27. The van der Waals surface area contributed by atoms with Crippen LogP contribution >= 0.6 is 0 Å². The molecule has 0 spiro atoms. The Labute approximate surface area is 152 Å². The first-order chi connectivity index (χ1) is 11.8. The summed E-state index contributed by atoms with van der Waals surface area (Å²) in [4.78, 5) is 4.27. The molecule has 0 unspecified atom stereocenters. The van der Waals surface area contributed by atoms with E-state index in [0.29, 0.717) is 19.0 Å². The monoisotopic (exact) mass is 371 g/mol. The Balaban J connectivity index is 2.14. The molecule has 0 aliphatic heterocycles. The van der Waals surface area contributed by atoms with Gasteiger partial charge in [-0.1, -0.05) is 19.8 Å². The number of aromatic nitrogens is 1. The van der Waals surface area contributed by atoms with E-state index in [4.69, 9.17) is 4.74 Å². The van der Waals surface area contributed by atoms with Crippen LogP contribution in [0.4, 0.5) is 5.69 Å². The van der Waals surface area contributed by atoms with Crippen molar-refractivity contribution in [3.05, 3.63) is 18.3 Å². The SMILES string of the molecule is CCCCOc1ccc(NCCCCCNS(=O)(=O)C(C)(C)C)cn1. The molecule has 0 saturated heterocycles.